The van der Waals surface area contributed by atoms with E-state index in [1.54, 1.807) is 11.3 Å². The molecule has 1 rings (SSSR count). The number of rotatable bonds is 6. The van der Waals surface area contributed by atoms with Crippen molar-refractivity contribution >= 4 is 17.3 Å². The van der Waals surface area contributed by atoms with E-state index in [1.165, 1.54) is 0 Å². The maximum atomic E-state index is 10.5. The molecule has 3 N–H and O–H groups in total. The maximum Gasteiger partial charge on any atom is 0.304 e. The van der Waals surface area contributed by atoms with E-state index in [-0.39, 0.29) is 12.5 Å². The number of nitrogens with zero attached hydrogens (tertiary/aromatic N) is 1. The summed E-state index contributed by atoms with van der Waals surface area (Å²) in [7, 11) is 0. The molecule has 0 saturated carbocycles. The molecular formula is C11H18N2O2S. The number of nitrogens with two attached hydrogens (primary N) is 1. The molecule has 0 saturated heterocycles. The lowest BCUT2D eigenvalue weighted by Crippen LogP contribution is -2.26. The average Bonchev–Trinajstić information content (AvgIpc) is 2.49. The summed E-state index contributed by atoms with van der Waals surface area (Å²) < 4.78 is 0. The first-order valence-electron chi connectivity index (χ1n) is 5.38. The van der Waals surface area contributed by atoms with Gasteiger partial charge in [0.15, 0.2) is 0 Å². The van der Waals surface area contributed by atoms with E-state index in [0.717, 1.165) is 17.1 Å². The molecule has 1 unspecified atom stereocenters. The zero-order valence-electron chi connectivity index (χ0n) is 9.64. The molecule has 1 aromatic rings. The molecule has 0 aliphatic carbocycles. The van der Waals surface area contributed by atoms with Crippen LogP contribution in [-0.2, 0) is 17.6 Å². The summed E-state index contributed by atoms with van der Waals surface area (Å²) in [5, 5.41) is 11.6. The summed E-state index contributed by atoms with van der Waals surface area (Å²) in [6.07, 6.45) is 1.51. The highest BCUT2D eigenvalue weighted by molar-refractivity contribution is 7.09. The molecule has 0 radical (unpaired) electrons. The van der Waals surface area contributed by atoms with Gasteiger partial charge in [0.2, 0.25) is 0 Å². The molecule has 0 aromatic carbocycles. The zero-order chi connectivity index (χ0) is 12.1. The van der Waals surface area contributed by atoms with Crippen LogP contribution in [0.5, 0.6) is 0 Å². The number of hydrogen-bond donors (Lipinski definition) is 2. The van der Waals surface area contributed by atoms with Gasteiger partial charge >= 0.3 is 5.97 Å². The Labute approximate surface area is 99.5 Å². The molecule has 0 fully saturated rings. The van der Waals surface area contributed by atoms with Gasteiger partial charge in [-0.3, -0.25) is 4.79 Å². The molecule has 1 atom stereocenters. The number of thiazole rings is 1. The van der Waals surface area contributed by atoms with Crippen LogP contribution in [-0.4, -0.2) is 22.1 Å². The summed E-state index contributed by atoms with van der Waals surface area (Å²) >= 11 is 1.56. The molecule has 0 spiro atoms. The molecule has 0 aliphatic heterocycles. The van der Waals surface area contributed by atoms with Gasteiger partial charge in [-0.05, 0) is 12.3 Å². The standard InChI is InChI=1S/C11H18N2O2S/c1-7(2)3-9-6-16-10(13-9)4-8(12)5-11(14)15/h6-8H,3-5,12H2,1-2H3,(H,14,15). The predicted octanol–water partition coefficient (Wildman–Crippen LogP) is 1.69. The monoisotopic (exact) mass is 242 g/mol. The second-order valence-electron chi connectivity index (χ2n) is 4.39. The second kappa shape index (κ2) is 5.96. The minimum atomic E-state index is -0.855. The molecule has 4 nitrogen and oxygen atoms in total. The quantitative estimate of drug-likeness (QED) is 0.796. The number of carbonyl (C=O) groups is 1. The van der Waals surface area contributed by atoms with Crippen LogP contribution in [0.1, 0.15) is 31.0 Å². The van der Waals surface area contributed by atoms with Crippen molar-refractivity contribution in [2.75, 3.05) is 0 Å². The molecule has 0 amide bonds. The van der Waals surface area contributed by atoms with Crippen molar-refractivity contribution in [3.05, 3.63) is 16.1 Å². The smallest absolute Gasteiger partial charge is 0.304 e. The van der Waals surface area contributed by atoms with E-state index in [9.17, 15) is 4.79 Å². The van der Waals surface area contributed by atoms with Crippen LogP contribution in [0.15, 0.2) is 5.38 Å². The molecule has 90 valence electrons. The SMILES string of the molecule is CC(C)Cc1csc(CC(N)CC(=O)O)n1. The van der Waals surface area contributed by atoms with Crippen LogP contribution in [0.25, 0.3) is 0 Å². The van der Waals surface area contributed by atoms with Crippen molar-refractivity contribution < 1.29 is 9.90 Å². The summed E-state index contributed by atoms with van der Waals surface area (Å²) in [5.41, 5.74) is 6.78. The van der Waals surface area contributed by atoms with Crippen molar-refractivity contribution in [1.29, 1.82) is 0 Å². The molecule has 1 heterocycles. The Hall–Kier alpha value is -0.940. The number of carboxylic acids is 1. The molecule has 1 aromatic heterocycles. The Morgan fingerprint density at radius 2 is 2.25 bits per heavy atom. The van der Waals surface area contributed by atoms with Crippen molar-refractivity contribution in [3.8, 4) is 0 Å². The highest BCUT2D eigenvalue weighted by atomic mass is 32.1. The summed E-state index contributed by atoms with van der Waals surface area (Å²) in [6.45, 7) is 4.30. The number of aromatic nitrogens is 1. The van der Waals surface area contributed by atoms with Crippen LogP contribution >= 0.6 is 11.3 Å². The first kappa shape index (κ1) is 13.1. The van der Waals surface area contributed by atoms with Crippen molar-refractivity contribution in [2.24, 2.45) is 11.7 Å². The first-order valence-corrected chi connectivity index (χ1v) is 6.26. The Bertz CT molecular complexity index is 350. The summed E-state index contributed by atoms with van der Waals surface area (Å²) in [5.74, 6) is -0.269. The van der Waals surface area contributed by atoms with Gasteiger partial charge in [0, 0.05) is 17.8 Å². The Morgan fingerprint density at radius 1 is 1.56 bits per heavy atom. The van der Waals surface area contributed by atoms with Gasteiger partial charge < -0.3 is 10.8 Å². The van der Waals surface area contributed by atoms with Crippen LogP contribution in [0.4, 0.5) is 0 Å². The Kier molecular flexibility index (Phi) is 4.89. The zero-order valence-corrected chi connectivity index (χ0v) is 10.5. The predicted molar refractivity (Wildman–Crippen MR) is 64.6 cm³/mol. The fourth-order valence-corrected chi connectivity index (χ4v) is 2.38. The minimum Gasteiger partial charge on any atom is -0.481 e. The van der Waals surface area contributed by atoms with Crippen molar-refractivity contribution in [2.45, 2.75) is 39.2 Å². The molecular weight excluding hydrogens is 224 g/mol. The van der Waals surface area contributed by atoms with Gasteiger partial charge in [-0.1, -0.05) is 13.8 Å². The molecule has 16 heavy (non-hydrogen) atoms. The van der Waals surface area contributed by atoms with Gasteiger partial charge in [-0.25, -0.2) is 4.98 Å². The maximum absolute atomic E-state index is 10.5. The van der Waals surface area contributed by atoms with Crippen LogP contribution < -0.4 is 5.73 Å². The van der Waals surface area contributed by atoms with Gasteiger partial charge in [0.25, 0.3) is 0 Å². The van der Waals surface area contributed by atoms with Crippen molar-refractivity contribution in [3.63, 3.8) is 0 Å². The summed E-state index contributed by atoms with van der Waals surface area (Å²) in [6, 6.07) is -0.337. The molecule has 0 aliphatic rings. The molecule has 0 bridgehead atoms. The van der Waals surface area contributed by atoms with E-state index in [0.29, 0.717) is 12.3 Å². The van der Waals surface area contributed by atoms with Crippen LogP contribution in [0.2, 0.25) is 0 Å². The van der Waals surface area contributed by atoms with Crippen LogP contribution in [0.3, 0.4) is 0 Å². The van der Waals surface area contributed by atoms with Crippen LogP contribution in [0, 0.1) is 5.92 Å². The summed E-state index contributed by atoms with van der Waals surface area (Å²) in [4.78, 5) is 14.9. The lowest BCUT2D eigenvalue weighted by molar-refractivity contribution is -0.137. The van der Waals surface area contributed by atoms with E-state index in [1.807, 2.05) is 5.38 Å². The third kappa shape index (κ3) is 4.72. The largest absolute Gasteiger partial charge is 0.481 e. The second-order valence-corrected chi connectivity index (χ2v) is 5.34. The van der Waals surface area contributed by atoms with Gasteiger partial charge in [-0.2, -0.15) is 0 Å². The van der Waals surface area contributed by atoms with E-state index in [2.05, 4.69) is 18.8 Å². The molecule has 5 heteroatoms. The Balaban J connectivity index is 2.48. The fraction of sp³-hybridized carbons (Fsp3) is 0.636. The Morgan fingerprint density at radius 3 is 2.81 bits per heavy atom. The first-order chi connectivity index (χ1) is 7.47. The number of hydrogen-bond acceptors (Lipinski definition) is 4. The number of aliphatic carboxylic acids is 1. The lowest BCUT2D eigenvalue weighted by Gasteiger charge is -2.05. The van der Waals surface area contributed by atoms with Crippen molar-refractivity contribution in [1.82, 2.24) is 4.98 Å². The lowest BCUT2D eigenvalue weighted by atomic mass is 10.1. The third-order valence-corrected chi connectivity index (χ3v) is 3.01. The minimum absolute atomic E-state index is 0.000899. The average molecular weight is 242 g/mol. The van der Waals surface area contributed by atoms with E-state index in [4.69, 9.17) is 10.8 Å². The normalized spacial score (nSPS) is 13.0. The highest BCUT2D eigenvalue weighted by Gasteiger charge is 2.11. The topological polar surface area (TPSA) is 76.2 Å². The third-order valence-electron chi connectivity index (χ3n) is 2.09. The van der Waals surface area contributed by atoms with E-state index >= 15 is 0 Å². The van der Waals surface area contributed by atoms with E-state index < -0.39 is 5.97 Å². The van der Waals surface area contributed by atoms with Gasteiger partial charge in [-0.15, -0.1) is 11.3 Å². The van der Waals surface area contributed by atoms with Gasteiger partial charge in [0.05, 0.1) is 17.1 Å². The fourth-order valence-electron chi connectivity index (χ4n) is 1.48. The number of carboxylic acid groups (broad SMARTS) is 1. The van der Waals surface area contributed by atoms with Gasteiger partial charge in [0.1, 0.15) is 0 Å². The highest BCUT2D eigenvalue weighted by Crippen LogP contribution is 2.15.